The van der Waals surface area contributed by atoms with Gasteiger partial charge in [0, 0.05) is 6.54 Å². The quantitative estimate of drug-likeness (QED) is 0.524. The molecule has 1 aromatic rings. The summed E-state index contributed by atoms with van der Waals surface area (Å²) in [6.45, 7) is 1.07. The van der Waals surface area contributed by atoms with E-state index in [1.54, 1.807) is 12.4 Å². The first-order valence-corrected chi connectivity index (χ1v) is 6.01. The molecule has 17 heavy (non-hydrogen) atoms. The molecule has 1 atom stereocenters. The van der Waals surface area contributed by atoms with Gasteiger partial charge in [0.2, 0.25) is 0 Å². The van der Waals surface area contributed by atoms with Crippen LogP contribution in [0.1, 0.15) is 25.7 Å². The third kappa shape index (κ3) is 2.83. The van der Waals surface area contributed by atoms with Crippen LogP contribution in [0.4, 0.5) is 11.6 Å². The lowest BCUT2D eigenvalue weighted by molar-refractivity contribution is 0.254. The molecule has 0 bridgehead atoms. The Balaban J connectivity index is 2.21. The molecule has 1 aromatic heterocycles. The van der Waals surface area contributed by atoms with Gasteiger partial charge in [0.25, 0.3) is 0 Å². The van der Waals surface area contributed by atoms with Gasteiger partial charge in [0.15, 0.2) is 5.82 Å². The first-order chi connectivity index (χ1) is 8.35. The molecule has 2 heterocycles. The molecule has 0 spiro atoms. The second-order valence-corrected chi connectivity index (χ2v) is 4.29. The Kier molecular flexibility index (Phi) is 4.11. The number of nitrogens with two attached hydrogens (primary N) is 1. The molecular formula is C11H19N5O. The predicted octanol–water partition coefficient (Wildman–Crippen LogP) is 0.503. The Hall–Kier alpha value is -1.40. The van der Waals surface area contributed by atoms with Crippen LogP contribution in [0.5, 0.6) is 0 Å². The van der Waals surface area contributed by atoms with Gasteiger partial charge in [0.05, 0.1) is 25.0 Å². The van der Waals surface area contributed by atoms with E-state index in [0.29, 0.717) is 5.82 Å². The van der Waals surface area contributed by atoms with Crippen molar-refractivity contribution in [2.75, 3.05) is 23.5 Å². The third-order valence-electron chi connectivity index (χ3n) is 3.15. The second kappa shape index (κ2) is 5.79. The monoisotopic (exact) mass is 237 g/mol. The number of nitrogens with one attached hydrogen (secondary N) is 1. The highest BCUT2D eigenvalue weighted by Gasteiger charge is 2.21. The van der Waals surface area contributed by atoms with E-state index in [0.717, 1.165) is 31.6 Å². The molecule has 0 aromatic carbocycles. The Bertz CT molecular complexity index is 359. The molecule has 1 aliphatic rings. The molecule has 0 aliphatic carbocycles. The molecule has 6 nitrogen and oxygen atoms in total. The van der Waals surface area contributed by atoms with Crippen molar-refractivity contribution in [1.82, 2.24) is 9.97 Å². The maximum atomic E-state index is 9.44. The van der Waals surface area contributed by atoms with E-state index >= 15 is 0 Å². The average Bonchev–Trinajstić information content (AvgIpc) is 2.63. The molecule has 6 heteroatoms. The Morgan fingerprint density at radius 3 is 3.06 bits per heavy atom. The minimum atomic E-state index is 0.139. The number of anilines is 2. The van der Waals surface area contributed by atoms with Gasteiger partial charge in [-0.3, -0.25) is 4.98 Å². The lowest BCUT2D eigenvalue weighted by Crippen LogP contribution is -2.38. The fraction of sp³-hybridized carbons (Fsp3) is 0.636. The van der Waals surface area contributed by atoms with Gasteiger partial charge in [-0.2, -0.15) is 0 Å². The number of hydrogen-bond acceptors (Lipinski definition) is 6. The van der Waals surface area contributed by atoms with Crippen LogP contribution in [-0.2, 0) is 0 Å². The topological polar surface area (TPSA) is 87.3 Å². The number of aliphatic hydroxyl groups excluding tert-OH is 1. The van der Waals surface area contributed by atoms with Gasteiger partial charge in [-0.05, 0) is 12.8 Å². The lowest BCUT2D eigenvalue weighted by Gasteiger charge is -2.29. The number of aromatic nitrogens is 2. The van der Waals surface area contributed by atoms with Crippen molar-refractivity contribution < 1.29 is 5.11 Å². The molecule has 4 N–H and O–H groups in total. The van der Waals surface area contributed by atoms with Gasteiger partial charge in [0.1, 0.15) is 5.82 Å². The summed E-state index contributed by atoms with van der Waals surface area (Å²) in [7, 11) is 0. The minimum absolute atomic E-state index is 0.139. The first kappa shape index (κ1) is 12.1. The molecule has 0 radical (unpaired) electrons. The van der Waals surface area contributed by atoms with Gasteiger partial charge < -0.3 is 15.4 Å². The summed E-state index contributed by atoms with van der Waals surface area (Å²) in [4.78, 5) is 10.6. The van der Waals surface area contributed by atoms with Gasteiger partial charge >= 0.3 is 0 Å². The Morgan fingerprint density at radius 1 is 1.41 bits per heavy atom. The van der Waals surface area contributed by atoms with Crippen LogP contribution >= 0.6 is 0 Å². The SMILES string of the molecule is NNc1cncc(N2CCCCCC2CO)n1. The molecule has 1 saturated heterocycles. The summed E-state index contributed by atoms with van der Waals surface area (Å²) in [6, 6.07) is 0.139. The van der Waals surface area contributed by atoms with Gasteiger partial charge in [-0.1, -0.05) is 12.8 Å². The van der Waals surface area contributed by atoms with Crippen molar-refractivity contribution in [3.63, 3.8) is 0 Å². The summed E-state index contributed by atoms with van der Waals surface area (Å²) < 4.78 is 0. The average molecular weight is 237 g/mol. The van der Waals surface area contributed by atoms with Crippen LogP contribution in [0.3, 0.4) is 0 Å². The normalized spacial score (nSPS) is 21.1. The third-order valence-corrected chi connectivity index (χ3v) is 3.15. The summed E-state index contributed by atoms with van der Waals surface area (Å²) in [6.07, 6.45) is 7.78. The lowest BCUT2D eigenvalue weighted by atomic mass is 10.1. The van der Waals surface area contributed by atoms with E-state index in [-0.39, 0.29) is 12.6 Å². The van der Waals surface area contributed by atoms with Crippen molar-refractivity contribution in [2.24, 2.45) is 5.84 Å². The largest absolute Gasteiger partial charge is 0.394 e. The van der Waals surface area contributed by atoms with Crippen molar-refractivity contribution in [1.29, 1.82) is 0 Å². The van der Waals surface area contributed by atoms with E-state index in [1.165, 1.54) is 6.42 Å². The molecule has 0 saturated carbocycles. The second-order valence-electron chi connectivity index (χ2n) is 4.29. The van der Waals surface area contributed by atoms with E-state index in [1.807, 2.05) is 0 Å². The van der Waals surface area contributed by atoms with E-state index in [9.17, 15) is 5.11 Å². The summed E-state index contributed by atoms with van der Waals surface area (Å²) in [5.41, 5.74) is 2.49. The molecule has 0 amide bonds. The number of hydrogen-bond donors (Lipinski definition) is 3. The maximum absolute atomic E-state index is 9.44. The van der Waals surface area contributed by atoms with Crippen LogP contribution in [0, 0.1) is 0 Å². The van der Waals surface area contributed by atoms with Crippen LogP contribution in [0.2, 0.25) is 0 Å². The number of rotatable bonds is 3. The zero-order valence-electron chi connectivity index (χ0n) is 9.84. The number of nitrogen functional groups attached to an aromatic ring is 1. The van der Waals surface area contributed by atoms with Crippen molar-refractivity contribution >= 4 is 11.6 Å². The summed E-state index contributed by atoms with van der Waals surface area (Å²) in [5, 5.41) is 9.44. The maximum Gasteiger partial charge on any atom is 0.160 e. The fourth-order valence-corrected chi connectivity index (χ4v) is 2.23. The smallest absolute Gasteiger partial charge is 0.160 e. The summed E-state index contributed by atoms with van der Waals surface area (Å²) >= 11 is 0. The highest BCUT2D eigenvalue weighted by molar-refractivity contribution is 5.44. The molecule has 94 valence electrons. The zero-order valence-corrected chi connectivity index (χ0v) is 9.84. The number of aliphatic hydroxyl groups is 1. The van der Waals surface area contributed by atoms with E-state index in [4.69, 9.17) is 5.84 Å². The standard InChI is InChI=1S/C11H19N5O/c12-15-10-6-13-7-11(14-10)16-5-3-1-2-4-9(16)8-17/h6-7,9,17H,1-5,8,12H2,(H,14,15). The molecular weight excluding hydrogens is 218 g/mol. The van der Waals surface area contributed by atoms with Crippen LogP contribution in [0.15, 0.2) is 12.4 Å². The van der Waals surface area contributed by atoms with Crippen LogP contribution in [-0.4, -0.2) is 34.3 Å². The first-order valence-electron chi connectivity index (χ1n) is 6.01. The highest BCUT2D eigenvalue weighted by Crippen LogP contribution is 2.22. The van der Waals surface area contributed by atoms with Crippen molar-refractivity contribution in [3.8, 4) is 0 Å². The van der Waals surface area contributed by atoms with Gasteiger partial charge in [-0.15, -0.1) is 0 Å². The number of nitrogens with zero attached hydrogens (tertiary/aromatic N) is 3. The Morgan fingerprint density at radius 2 is 2.29 bits per heavy atom. The van der Waals surface area contributed by atoms with Crippen molar-refractivity contribution in [2.45, 2.75) is 31.7 Å². The molecule has 2 rings (SSSR count). The fourth-order valence-electron chi connectivity index (χ4n) is 2.23. The molecule has 1 unspecified atom stereocenters. The number of hydrazine groups is 1. The predicted molar refractivity (Wildman–Crippen MR) is 66.5 cm³/mol. The Labute approximate surface area is 101 Å². The van der Waals surface area contributed by atoms with Crippen molar-refractivity contribution in [3.05, 3.63) is 12.4 Å². The minimum Gasteiger partial charge on any atom is -0.394 e. The zero-order chi connectivity index (χ0) is 12.1. The van der Waals surface area contributed by atoms with E-state index in [2.05, 4.69) is 20.3 Å². The van der Waals surface area contributed by atoms with Crippen LogP contribution < -0.4 is 16.2 Å². The molecule has 1 fully saturated rings. The molecule has 1 aliphatic heterocycles. The van der Waals surface area contributed by atoms with Crippen LogP contribution in [0.25, 0.3) is 0 Å². The van der Waals surface area contributed by atoms with Gasteiger partial charge in [-0.25, -0.2) is 10.8 Å². The summed E-state index contributed by atoms with van der Waals surface area (Å²) in [5.74, 6) is 6.65. The highest BCUT2D eigenvalue weighted by atomic mass is 16.3. The van der Waals surface area contributed by atoms with E-state index < -0.39 is 0 Å².